The minimum atomic E-state index is -3.46. The van der Waals surface area contributed by atoms with E-state index in [9.17, 15) is 13.2 Å². The van der Waals surface area contributed by atoms with Crippen molar-refractivity contribution in [3.63, 3.8) is 0 Å². The molecule has 2 aromatic carbocycles. The minimum absolute atomic E-state index is 0.0801. The summed E-state index contributed by atoms with van der Waals surface area (Å²) in [4.78, 5) is 12.3. The molecule has 152 valence electrons. The van der Waals surface area contributed by atoms with Gasteiger partial charge in [-0.2, -0.15) is 4.31 Å². The molecule has 0 saturated carbocycles. The Balaban J connectivity index is 1.85. The molecule has 0 radical (unpaired) electrons. The van der Waals surface area contributed by atoms with Gasteiger partial charge in [0.05, 0.1) is 11.4 Å². The number of hydrogen-bond donors (Lipinski definition) is 2. The predicted molar refractivity (Wildman–Crippen MR) is 111 cm³/mol. The Bertz CT molecular complexity index is 848. The first kappa shape index (κ1) is 22.1. The van der Waals surface area contributed by atoms with E-state index in [1.54, 1.807) is 24.3 Å². The molecule has 2 rings (SSSR count). The Kier molecular flexibility index (Phi) is 8.17. The first-order valence-electron chi connectivity index (χ1n) is 9.52. The number of carbonyl (C=O) groups is 1. The summed E-state index contributed by atoms with van der Waals surface area (Å²) in [6.45, 7) is 7.08. The molecule has 0 aliphatic rings. The van der Waals surface area contributed by atoms with Crippen molar-refractivity contribution in [1.82, 2.24) is 14.9 Å². The van der Waals surface area contributed by atoms with Crippen LogP contribution in [0.4, 0.5) is 0 Å². The highest BCUT2D eigenvalue weighted by atomic mass is 32.2. The van der Waals surface area contributed by atoms with E-state index in [1.165, 1.54) is 4.31 Å². The molecule has 0 fully saturated rings. The Morgan fingerprint density at radius 3 is 2.18 bits per heavy atom. The van der Waals surface area contributed by atoms with Crippen molar-refractivity contribution < 1.29 is 13.2 Å². The van der Waals surface area contributed by atoms with Crippen LogP contribution in [0.25, 0.3) is 0 Å². The number of hydrogen-bond acceptors (Lipinski definition) is 4. The molecule has 2 N–H and O–H groups in total. The summed E-state index contributed by atoms with van der Waals surface area (Å²) in [5.74, 6) is -0.109. The van der Waals surface area contributed by atoms with Crippen LogP contribution in [0.3, 0.4) is 0 Å². The molecule has 0 unspecified atom stereocenters. The lowest BCUT2D eigenvalue weighted by atomic mass is 10.1. The lowest BCUT2D eigenvalue weighted by molar-refractivity contribution is -0.120. The lowest BCUT2D eigenvalue weighted by Gasteiger charge is -2.18. The first-order chi connectivity index (χ1) is 13.4. The lowest BCUT2D eigenvalue weighted by Crippen LogP contribution is -2.34. The fourth-order valence-electron chi connectivity index (χ4n) is 2.86. The van der Waals surface area contributed by atoms with Crippen molar-refractivity contribution in [2.45, 2.75) is 38.3 Å². The van der Waals surface area contributed by atoms with Gasteiger partial charge in [0.25, 0.3) is 0 Å². The monoisotopic (exact) mass is 403 g/mol. The second kappa shape index (κ2) is 10.4. The number of benzene rings is 2. The van der Waals surface area contributed by atoms with Crippen LogP contribution < -0.4 is 10.6 Å². The molecule has 0 aliphatic heterocycles. The summed E-state index contributed by atoms with van der Waals surface area (Å²) in [6.07, 6.45) is 0. The van der Waals surface area contributed by atoms with E-state index >= 15 is 0 Å². The fraction of sp³-hybridized carbons (Fsp3) is 0.381. The number of amides is 1. The topological polar surface area (TPSA) is 78.5 Å². The highest BCUT2D eigenvalue weighted by molar-refractivity contribution is 7.89. The Morgan fingerprint density at radius 1 is 1.00 bits per heavy atom. The number of sulfonamides is 1. The predicted octanol–water partition coefficient (Wildman–Crippen LogP) is 2.68. The standard InChI is InChI=1S/C21H29N3O3S/c1-4-24(5-2)28(26,27)20-13-11-18(12-14-20)15-23-21(25)16-22-17(3)19-9-7-6-8-10-19/h6-14,17,22H,4-5,15-16H2,1-3H3,(H,23,25)/t17-/m1/s1. The van der Waals surface area contributed by atoms with Crippen molar-refractivity contribution in [1.29, 1.82) is 0 Å². The van der Waals surface area contributed by atoms with Crippen LogP contribution in [-0.4, -0.2) is 38.3 Å². The van der Waals surface area contributed by atoms with Gasteiger partial charge in [0, 0.05) is 25.7 Å². The largest absolute Gasteiger partial charge is 0.351 e. The molecule has 28 heavy (non-hydrogen) atoms. The molecule has 6 nitrogen and oxygen atoms in total. The molecule has 1 amide bonds. The van der Waals surface area contributed by atoms with Crippen LogP contribution in [0.2, 0.25) is 0 Å². The van der Waals surface area contributed by atoms with Crippen molar-refractivity contribution in [3.05, 3.63) is 65.7 Å². The SMILES string of the molecule is CCN(CC)S(=O)(=O)c1ccc(CNC(=O)CN[C@H](C)c2ccccc2)cc1. The van der Waals surface area contributed by atoms with Crippen molar-refractivity contribution >= 4 is 15.9 Å². The van der Waals surface area contributed by atoms with E-state index in [-0.39, 0.29) is 23.4 Å². The summed E-state index contributed by atoms with van der Waals surface area (Å²) in [6, 6.07) is 16.7. The van der Waals surface area contributed by atoms with Gasteiger partial charge in [0.1, 0.15) is 0 Å². The van der Waals surface area contributed by atoms with Crippen LogP contribution in [0.5, 0.6) is 0 Å². The normalized spacial score (nSPS) is 12.7. The minimum Gasteiger partial charge on any atom is -0.351 e. The maximum atomic E-state index is 12.5. The Morgan fingerprint density at radius 2 is 1.61 bits per heavy atom. The fourth-order valence-corrected chi connectivity index (χ4v) is 4.32. The molecular weight excluding hydrogens is 374 g/mol. The van der Waals surface area contributed by atoms with Gasteiger partial charge in [0.15, 0.2) is 0 Å². The highest BCUT2D eigenvalue weighted by Crippen LogP contribution is 2.16. The number of nitrogens with zero attached hydrogens (tertiary/aromatic N) is 1. The van der Waals surface area contributed by atoms with Crippen LogP contribution >= 0.6 is 0 Å². The zero-order chi connectivity index (χ0) is 20.6. The number of nitrogens with one attached hydrogen (secondary N) is 2. The summed E-state index contributed by atoms with van der Waals surface area (Å²) in [5.41, 5.74) is 1.98. The molecule has 0 bridgehead atoms. The van der Waals surface area contributed by atoms with Crippen molar-refractivity contribution in [2.75, 3.05) is 19.6 Å². The van der Waals surface area contributed by atoms with Gasteiger partial charge in [-0.15, -0.1) is 0 Å². The molecule has 0 spiro atoms. The van der Waals surface area contributed by atoms with Gasteiger partial charge >= 0.3 is 0 Å². The van der Waals surface area contributed by atoms with Gasteiger partial charge < -0.3 is 10.6 Å². The van der Waals surface area contributed by atoms with E-state index < -0.39 is 10.0 Å². The summed E-state index contributed by atoms with van der Waals surface area (Å²) in [5, 5.41) is 6.04. The maximum Gasteiger partial charge on any atom is 0.243 e. The Hall–Kier alpha value is -2.22. The summed E-state index contributed by atoms with van der Waals surface area (Å²) >= 11 is 0. The zero-order valence-corrected chi connectivity index (χ0v) is 17.5. The van der Waals surface area contributed by atoms with E-state index in [4.69, 9.17) is 0 Å². The molecule has 0 aromatic heterocycles. The van der Waals surface area contributed by atoms with Crippen LogP contribution in [-0.2, 0) is 21.4 Å². The highest BCUT2D eigenvalue weighted by Gasteiger charge is 2.21. The maximum absolute atomic E-state index is 12.5. The van der Waals surface area contributed by atoms with E-state index in [0.717, 1.165) is 11.1 Å². The average Bonchev–Trinajstić information content (AvgIpc) is 2.72. The smallest absolute Gasteiger partial charge is 0.243 e. The molecule has 0 aliphatic carbocycles. The van der Waals surface area contributed by atoms with E-state index in [1.807, 2.05) is 51.1 Å². The Labute approximate surface area is 168 Å². The van der Waals surface area contributed by atoms with Gasteiger partial charge in [-0.3, -0.25) is 4.79 Å². The molecule has 7 heteroatoms. The number of rotatable bonds is 10. The van der Waals surface area contributed by atoms with Gasteiger partial charge in [-0.1, -0.05) is 56.3 Å². The van der Waals surface area contributed by atoms with E-state index in [0.29, 0.717) is 19.6 Å². The van der Waals surface area contributed by atoms with Gasteiger partial charge in [0.2, 0.25) is 15.9 Å². The van der Waals surface area contributed by atoms with Gasteiger partial charge in [-0.25, -0.2) is 8.42 Å². The summed E-state index contributed by atoms with van der Waals surface area (Å²) < 4.78 is 26.4. The second-order valence-electron chi connectivity index (χ2n) is 6.52. The average molecular weight is 404 g/mol. The van der Waals surface area contributed by atoms with Crippen LogP contribution in [0.1, 0.15) is 37.9 Å². The van der Waals surface area contributed by atoms with E-state index in [2.05, 4.69) is 10.6 Å². The van der Waals surface area contributed by atoms with Crippen molar-refractivity contribution in [2.24, 2.45) is 0 Å². The third kappa shape index (κ3) is 5.89. The molecule has 2 aromatic rings. The number of carbonyl (C=O) groups excluding carboxylic acids is 1. The van der Waals surface area contributed by atoms with Gasteiger partial charge in [-0.05, 0) is 30.2 Å². The molecule has 1 atom stereocenters. The van der Waals surface area contributed by atoms with Crippen molar-refractivity contribution in [3.8, 4) is 0 Å². The third-order valence-corrected chi connectivity index (χ3v) is 6.69. The second-order valence-corrected chi connectivity index (χ2v) is 8.46. The molecule has 0 heterocycles. The zero-order valence-electron chi connectivity index (χ0n) is 16.7. The molecule has 0 saturated heterocycles. The summed E-state index contributed by atoms with van der Waals surface area (Å²) in [7, 11) is -3.46. The third-order valence-electron chi connectivity index (χ3n) is 4.62. The first-order valence-corrected chi connectivity index (χ1v) is 11.0. The molecular formula is C21H29N3O3S. The van der Waals surface area contributed by atoms with Crippen LogP contribution in [0.15, 0.2) is 59.5 Å². The van der Waals surface area contributed by atoms with Crippen LogP contribution in [0, 0.1) is 0 Å². The quantitative estimate of drug-likeness (QED) is 0.639.